The van der Waals surface area contributed by atoms with Gasteiger partial charge in [-0.2, -0.15) is 4.31 Å². The second kappa shape index (κ2) is 5.49. The maximum absolute atomic E-state index is 13.2. The van der Waals surface area contributed by atoms with Gasteiger partial charge >= 0.3 is 0 Å². The summed E-state index contributed by atoms with van der Waals surface area (Å²) < 4.78 is 37.3. The minimum atomic E-state index is -3.21. The fourth-order valence-electron chi connectivity index (χ4n) is 2.18. The molecular weight excluding hydrogens is 283 g/mol. The Bertz CT molecular complexity index is 623. The molecule has 1 heterocycles. The number of aryl methyl sites for hydroxylation is 1. The highest BCUT2D eigenvalue weighted by Gasteiger charge is 2.26. The maximum atomic E-state index is 13.2. The zero-order valence-corrected chi connectivity index (χ0v) is 12.3. The molecule has 1 aromatic carbocycles. The molecule has 0 unspecified atom stereocenters. The van der Waals surface area contributed by atoms with Crippen LogP contribution in [0.2, 0.25) is 0 Å². The van der Waals surface area contributed by atoms with Gasteiger partial charge in [0.15, 0.2) is 0 Å². The summed E-state index contributed by atoms with van der Waals surface area (Å²) in [5, 5.41) is 0. The summed E-state index contributed by atoms with van der Waals surface area (Å²) in [7, 11) is -3.21. The lowest BCUT2D eigenvalue weighted by atomic mass is 10.1. The summed E-state index contributed by atoms with van der Waals surface area (Å²) in [6.07, 6.45) is 1.16. The molecule has 1 saturated heterocycles. The number of sulfonamides is 1. The average molecular weight is 300 g/mol. The molecule has 1 aliphatic rings. The zero-order valence-electron chi connectivity index (χ0n) is 11.5. The average Bonchev–Trinajstić information content (AvgIpc) is 2.40. The van der Waals surface area contributed by atoms with Gasteiger partial charge in [0.25, 0.3) is 5.91 Å². The highest BCUT2D eigenvalue weighted by atomic mass is 32.2. The number of benzene rings is 1. The Labute approximate surface area is 118 Å². The molecule has 0 spiro atoms. The van der Waals surface area contributed by atoms with E-state index in [1.165, 1.54) is 22.5 Å². The van der Waals surface area contributed by atoms with Crippen molar-refractivity contribution in [2.45, 2.75) is 6.92 Å². The van der Waals surface area contributed by atoms with Crippen LogP contribution >= 0.6 is 0 Å². The van der Waals surface area contributed by atoms with Crippen molar-refractivity contribution in [1.82, 2.24) is 9.21 Å². The van der Waals surface area contributed by atoms with E-state index in [-0.39, 0.29) is 11.7 Å². The monoisotopic (exact) mass is 300 g/mol. The first-order valence-electron chi connectivity index (χ1n) is 6.29. The predicted octanol–water partition coefficient (Wildman–Crippen LogP) is 0.852. The zero-order chi connectivity index (χ0) is 14.9. The number of nitrogens with zero attached hydrogens (tertiary/aromatic N) is 2. The van der Waals surface area contributed by atoms with E-state index in [1.807, 2.05) is 0 Å². The van der Waals surface area contributed by atoms with Gasteiger partial charge in [0.1, 0.15) is 5.82 Å². The fourth-order valence-corrected chi connectivity index (χ4v) is 3.01. The van der Waals surface area contributed by atoms with Gasteiger partial charge in [-0.1, -0.05) is 0 Å². The van der Waals surface area contributed by atoms with Crippen molar-refractivity contribution in [3.63, 3.8) is 0 Å². The van der Waals surface area contributed by atoms with Crippen LogP contribution in [0.5, 0.6) is 0 Å². The van der Waals surface area contributed by atoms with Gasteiger partial charge in [0, 0.05) is 31.7 Å². The van der Waals surface area contributed by atoms with Crippen LogP contribution in [0.1, 0.15) is 15.9 Å². The minimum absolute atomic E-state index is 0.193. The molecule has 20 heavy (non-hydrogen) atoms. The third kappa shape index (κ3) is 3.16. The molecule has 0 aliphatic carbocycles. The van der Waals surface area contributed by atoms with Crippen LogP contribution in [0.3, 0.4) is 0 Å². The number of piperazine rings is 1. The van der Waals surface area contributed by atoms with Crippen LogP contribution in [0.4, 0.5) is 4.39 Å². The highest BCUT2D eigenvalue weighted by Crippen LogP contribution is 2.14. The number of halogens is 1. The molecule has 0 N–H and O–H groups in total. The third-order valence-corrected chi connectivity index (χ3v) is 4.70. The Morgan fingerprint density at radius 3 is 2.30 bits per heavy atom. The lowest BCUT2D eigenvalue weighted by Crippen LogP contribution is -2.50. The number of carbonyl (C=O) groups excluding carboxylic acids is 1. The molecule has 0 radical (unpaired) electrons. The lowest BCUT2D eigenvalue weighted by molar-refractivity contribution is 0.0698. The maximum Gasteiger partial charge on any atom is 0.253 e. The quantitative estimate of drug-likeness (QED) is 0.813. The molecular formula is C13H17FN2O3S. The Morgan fingerprint density at radius 2 is 1.80 bits per heavy atom. The van der Waals surface area contributed by atoms with Crippen molar-refractivity contribution in [1.29, 1.82) is 0 Å². The van der Waals surface area contributed by atoms with E-state index >= 15 is 0 Å². The third-order valence-electron chi connectivity index (χ3n) is 3.40. The van der Waals surface area contributed by atoms with Gasteiger partial charge in [-0.25, -0.2) is 12.8 Å². The van der Waals surface area contributed by atoms with Crippen LogP contribution in [0, 0.1) is 12.7 Å². The Balaban J connectivity index is 2.07. The van der Waals surface area contributed by atoms with E-state index in [2.05, 4.69) is 0 Å². The molecule has 0 bridgehead atoms. The van der Waals surface area contributed by atoms with Crippen molar-refractivity contribution >= 4 is 15.9 Å². The van der Waals surface area contributed by atoms with Crippen molar-refractivity contribution in [3.8, 4) is 0 Å². The lowest BCUT2D eigenvalue weighted by Gasteiger charge is -2.33. The Hall–Kier alpha value is -1.47. The first-order chi connectivity index (χ1) is 9.29. The standard InChI is InChI=1S/C13H17FN2O3S/c1-10-9-11(3-4-12(10)14)13(17)15-5-7-16(8-6-15)20(2,18)19/h3-4,9H,5-8H2,1-2H3. The van der Waals surface area contributed by atoms with E-state index in [0.29, 0.717) is 37.3 Å². The molecule has 1 aliphatic heterocycles. The number of hydrogen-bond donors (Lipinski definition) is 0. The molecule has 5 nitrogen and oxygen atoms in total. The van der Waals surface area contributed by atoms with Crippen molar-refractivity contribution in [2.24, 2.45) is 0 Å². The van der Waals surface area contributed by atoms with E-state index in [0.717, 1.165) is 6.26 Å². The topological polar surface area (TPSA) is 57.7 Å². The highest BCUT2D eigenvalue weighted by molar-refractivity contribution is 7.88. The van der Waals surface area contributed by atoms with Gasteiger partial charge in [-0.3, -0.25) is 4.79 Å². The molecule has 0 saturated carbocycles. The van der Waals surface area contributed by atoms with Gasteiger partial charge in [0.05, 0.1) is 6.26 Å². The van der Waals surface area contributed by atoms with Gasteiger partial charge in [-0.05, 0) is 30.7 Å². The SMILES string of the molecule is Cc1cc(C(=O)N2CCN(S(C)(=O)=O)CC2)ccc1F. The smallest absolute Gasteiger partial charge is 0.253 e. The fraction of sp³-hybridized carbons (Fsp3) is 0.462. The first kappa shape index (κ1) is 14.9. The molecule has 110 valence electrons. The summed E-state index contributed by atoms with van der Waals surface area (Å²) in [6, 6.07) is 4.24. The summed E-state index contributed by atoms with van der Waals surface area (Å²) in [5.41, 5.74) is 0.849. The van der Waals surface area contributed by atoms with Crippen LogP contribution < -0.4 is 0 Å². The molecule has 2 rings (SSSR count). The Morgan fingerprint density at radius 1 is 1.20 bits per heavy atom. The number of carbonyl (C=O) groups is 1. The Kier molecular flexibility index (Phi) is 4.10. The van der Waals surface area contributed by atoms with Crippen LogP contribution in [-0.4, -0.2) is 56.0 Å². The van der Waals surface area contributed by atoms with Gasteiger partial charge < -0.3 is 4.90 Å². The minimum Gasteiger partial charge on any atom is -0.336 e. The van der Waals surface area contributed by atoms with Gasteiger partial charge in [-0.15, -0.1) is 0 Å². The van der Waals surface area contributed by atoms with E-state index in [9.17, 15) is 17.6 Å². The number of hydrogen-bond acceptors (Lipinski definition) is 3. The number of amides is 1. The van der Waals surface area contributed by atoms with Crippen LogP contribution in [-0.2, 0) is 10.0 Å². The summed E-state index contributed by atoms with van der Waals surface area (Å²) >= 11 is 0. The molecule has 1 aromatic rings. The van der Waals surface area contributed by atoms with Crippen molar-refractivity contribution in [3.05, 3.63) is 35.1 Å². The normalized spacial score (nSPS) is 17.2. The summed E-state index contributed by atoms with van der Waals surface area (Å²) in [5.74, 6) is -0.537. The van der Waals surface area contributed by atoms with E-state index in [1.54, 1.807) is 11.8 Å². The second-order valence-electron chi connectivity index (χ2n) is 4.92. The molecule has 7 heteroatoms. The predicted molar refractivity (Wildman–Crippen MR) is 73.5 cm³/mol. The summed E-state index contributed by atoms with van der Waals surface area (Å²) in [6.45, 7) is 2.90. The summed E-state index contributed by atoms with van der Waals surface area (Å²) in [4.78, 5) is 13.8. The van der Waals surface area contributed by atoms with Gasteiger partial charge in [0.2, 0.25) is 10.0 Å². The number of rotatable bonds is 2. The van der Waals surface area contributed by atoms with E-state index < -0.39 is 10.0 Å². The van der Waals surface area contributed by atoms with Crippen LogP contribution in [0.15, 0.2) is 18.2 Å². The first-order valence-corrected chi connectivity index (χ1v) is 8.14. The molecule has 0 atom stereocenters. The molecule has 1 fully saturated rings. The second-order valence-corrected chi connectivity index (χ2v) is 6.90. The molecule has 0 aromatic heterocycles. The van der Waals surface area contributed by atoms with E-state index in [4.69, 9.17) is 0 Å². The van der Waals surface area contributed by atoms with Crippen molar-refractivity contribution < 1.29 is 17.6 Å². The van der Waals surface area contributed by atoms with Crippen LogP contribution in [0.25, 0.3) is 0 Å². The largest absolute Gasteiger partial charge is 0.336 e. The molecule has 1 amide bonds. The van der Waals surface area contributed by atoms with Crippen molar-refractivity contribution in [2.75, 3.05) is 32.4 Å².